The normalized spacial score (nSPS) is 16.3. The van der Waals surface area contributed by atoms with E-state index in [0.717, 1.165) is 12.1 Å². The van der Waals surface area contributed by atoms with Crippen molar-refractivity contribution in [2.45, 2.75) is 40.0 Å². The molecule has 0 heterocycles. The third-order valence-corrected chi connectivity index (χ3v) is 22.8. The van der Waals surface area contributed by atoms with Gasteiger partial charge in [-0.2, -0.15) is 35.1 Å². The molecule has 0 aliphatic carbocycles. The third-order valence-electron chi connectivity index (χ3n) is 4.28. The fourth-order valence-electron chi connectivity index (χ4n) is 2.41. The van der Waals surface area contributed by atoms with Gasteiger partial charge in [-0.3, -0.25) is 4.74 Å². The largest absolute Gasteiger partial charge is 0.456 e. The fraction of sp³-hybridized carbons (Fsp3) is 0.400. The van der Waals surface area contributed by atoms with E-state index in [-0.39, 0.29) is 0 Å². The van der Waals surface area contributed by atoms with E-state index in [9.17, 15) is 39.5 Å². The van der Waals surface area contributed by atoms with E-state index in [0.29, 0.717) is 5.56 Å². The number of hydrogen-bond acceptors (Lipinski definition) is 2. The van der Waals surface area contributed by atoms with Gasteiger partial charge in [-0.25, -0.2) is 8.78 Å². The molecular weight excluding hydrogens is 970 g/mol. The number of ether oxygens (including phenoxy) is 2. The first-order chi connectivity index (χ1) is 16.3. The van der Waals surface area contributed by atoms with Crippen LogP contribution in [0.1, 0.15) is 12.0 Å². The van der Waals surface area contributed by atoms with Crippen LogP contribution in [0.15, 0.2) is 30.8 Å². The predicted molar refractivity (Wildman–Crippen MR) is 159 cm³/mol. The number of rotatable bonds is 15. The van der Waals surface area contributed by atoms with E-state index in [1.807, 2.05) is 0 Å². The van der Waals surface area contributed by atoms with Gasteiger partial charge in [0.2, 0.25) is 5.85 Å². The Morgan fingerprint density at radius 3 is 1.67 bits per heavy atom. The molecule has 36 heavy (non-hydrogen) atoms. The minimum absolute atomic E-state index is 0.467. The van der Waals surface area contributed by atoms with Crippen molar-refractivity contribution in [2.75, 3.05) is 0 Å². The highest BCUT2D eigenvalue weighted by molar-refractivity contribution is 14.3. The average Bonchev–Trinajstić information content (AvgIpc) is 2.80. The summed E-state index contributed by atoms with van der Waals surface area (Å²) >= 11 is -8.74. The molecule has 1 rings (SSSR count). The van der Waals surface area contributed by atoms with Crippen molar-refractivity contribution in [3.05, 3.63) is 36.4 Å². The smallest absolute Gasteiger partial charge is 0.429 e. The van der Waals surface area contributed by atoms with Gasteiger partial charge < -0.3 is 4.74 Å². The Bertz CT molecular complexity index is 965. The summed E-state index contributed by atoms with van der Waals surface area (Å²) < 4.78 is 158. The molecule has 0 bridgehead atoms. The molecule has 0 saturated carbocycles. The first kappa shape index (κ1) is 34.4. The minimum atomic E-state index is -6.13. The standard InChI is InChI=1S/C20H18F10I4O2/c1-6-12-7-9-13(10-8-12)35-17(25,26)14(21)36-16(24,20(32-3,33-4)34-5)11-15(22,23)18(27,28)19(29,30)31-2/h6-10,14H,1-5,11H2. The second-order valence-corrected chi connectivity index (χ2v) is 22.0. The first-order valence-corrected chi connectivity index (χ1v) is 19.3. The second-order valence-electron chi connectivity index (χ2n) is 6.59. The fourth-order valence-corrected chi connectivity index (χ4v) is 10.7. The Hall–Kier alpha value is 0.420. The summed E-state index contributed by atoms with van der Waals surface area (Å²) in [6.07, 6.45) is -10.6. The van der Waals surface area contributed by atoms with Crippen LogP contribution in [0.5, 0.6) is 5.75 Å². The van der Waals surface area contributed by atoms with Crippen molar-refractivity contribution in [1.82, 2.24) is 0 Å². The Kier molecular flexibility index (Phi) is 12.2. The van der Waals surface area contributed by atoms with Crippen molar-refractivity contribution in [3.63, 3.8) is 0 Å². The van der Waals surface area contributed by atoms with E-state index in [1.165, 1.54) is 18.2 Å². The highest BCUT2D eigenvalue weighted by Gasteiger charge is 2.74. The van der Waals surface area contributed by atoms with Crippen molar-refractivity contribution in [3.8, 4) is 5.75 Å². The molecule has 16 heteroatoms. The highest BCUT2D eigenvalue weighted by atomic mass is 127. The monoisotopic (exact) mass is 988 g/mol. The Morgan fingerprint density at radius 2 is 1.28 bits per heavy atom. The molecule has 0 radical (unpaired) electrons. The van der Waals surface area contributed by atoms with Crippen LogP contribution in [0.2, 0.25) is 0 Å². The lowest BCUT2D eigenvalue weighted by atomic mass is 10.0. The van der Waals surface area contributed by atoms with E-state index < -0.39 is 129 Å². The van der Waals surface area contributed by atoms with Crippen LogP contribution in [0.25, 0.3) is 6.08 Å². The zero-order valence-electron chi connectivity index (χ0n) is 17.8. The molecule has 0 aliphatic heterocycles. The zero-order valence-corrected chi connectivity index (χ0v) is 26.4. The summed E-state index contributed by atoms with van der Waals surface area (Å²) in [5.41, 5.74) is 0.467. The molecule has 1 aromatic carbocycles. The average molecular weight is 988 g/mol. The maximum absolute atomic E-state index is 16.1. The molecule has 0 N–H and O–H groups in total. The molecule has 0 fully saturated rings. The number of hydrogen-bond donors (Lipinski definition) is 0. The molecule has 1 aromatic rings. The Balaban J connectivity index is 3.50. The van der Waals surface area contributed by atoms with Crippen molar-refractivity contribution in [2.24, 2.45) is 0 Å². The lowest BCUT2D eigenvalue weighted by Crippen LogP contribution is -2.58. The number of benzene rings is 1. The molecule has 0 aromatic heterocycles. The SMILES string of the molecule is C=Cc1ccc(OC(F)(F)C(F)OC(F)(CC(F)(F)C(F)(F)C(F)(F)I=C)C(I=C)(I=C)I=C)cc1. The Morgan fingerprint density at radius 1 is 0.806 bits per heavy atom. The minimum Gasteiger partial charge on any atom is -0.429 e. The van der Waals surface area contributed by atoms with Crippen molar-refractivity contribution in [1.29, 1.82) is 0 Å². The first-order valence-electron chi connectivity index (χ1n) is 8.86. The molecule has 0 aliphatic rings. The number of halogens is 14. The van der Waals surface area contributed by atoms with Gasteiger partial charge in [0.05, 0.1) is 6.42 Å². The van der Waals surface area contributed by atoms with Crippen LogP contribution in [-0.2, 0) is 4.74 Å². The molecule has 2 nitrogen and oxygen atoms in total. The zero-order chi connectivity index (χ0) is 28.2. The number of alkyl halides is 14. The van der Waals surface area contributed by atoms with E-state index in [1.54, 1.807) is 0 Å². The van der Waals surface area contributed by atoms with Crippen LogP contribution < -0.4 is 4.74 Å². The topological polar surface area (TPSA) is 18.5 Å². The summed E-state index contributed by atoms with van der Waals surface area (Å²) in [6.45, 7) is 3.44. The molecule has 208 valence electrons. The summed E-state index contributed by atoms with van der Waals surface area (Å²) in [4.78, 5) is 0. The van der Waals surface area contributed by atoms with Crippen LogP contribution in [0, 0.1) is 0 Å². The van der Waals surface area contributed by atoms with E-state index in [4.69, 9.17) is 0 Å². The van der Waals surface area contributed by atoms with Gasteiger partial charge >= 0.3 is 28.2 Å². The lowest BCUT2D eigenvalue weighted by molar-refractivity contribution is -0.354. The van der Waals surface area contributed by atoms with Crippen LogP contribution >= 0.6 is 82.9 Å². The van der Waals surface area contributed by atoms with Gasteiger partial charge in [-0.05, 0) is 38.4 Å². The summed E-state index contributed by atoms with van der Waals surface area (Å²) in [6, 6.07) is 4.43. The summed E-state index contributed by atoms with van der Waals surface area (Å²) in [5.74, 6) is -16.9. The van der Waals surface area contributed by atoms with Crippen molar-refractivity contribution < 1.29 is 53.4 Å². The van der Waals surface area contributed by atoms with Gasteiger partial charge in [0.1, 0.15) is 5.75 Å². The molecule has 0 amide bonds. The quantitative estimate of drug-likeness (QED) is 0.0995. The highest BCUT2D eigenvalue weighted by Crippen LogP contribution is 2.62. The summed E-state index contributed by atoms with van der Waals surface area (Å²) in [7, 11) is 0. The predicted octanol–water partition coefficient (Wildman–Crippen LogP) is 8.80. The van der Waals surface area contributed by atoms with Gasteiger partial charge in [0, 0.05) is 0 Å². The van der Waals surface area contributed by atoms with Gasteiger partial charge in [-0.1, -0.05) is 105 Å². The molecule has 2 unspecified atom stereocenters. The van der Waals surface area contributed by atoms with Gasteiger partial charge in [0.15, 0.2) is -0.565 Å². The van der Waals surface area contributed by atoms with E-state index >= 15 is 4.39 Å². The Labute approximate surface area is 240 Å². The van der Waals surface area contributed by atoms with E-state index in [2.05, 4.69) is 34.1 Å². The summed E-state index contributed by atoms with van der Waals surface area (Å²) in [5, 5.41) is 0. The van der Waals surface area contributed by atoms with Gasteiger partial charge in [0.25, 0.3) is 0 Å². The van der Waals surface area contributed by atoms with Gasteiger partial charge in [-0.15, -0.1) is 0 Å². The van der Waals surface area contributed by atoms with Crippen LogP contribution in [0.4, 0.5) is 43.9 Å². The molecule has 2 atom stereocenters. The van der Waals surface area contributed by atoms with Crippen molar-refractivity contribution >= 4 is 107 Å². The molecular formula is C20H18F10I4O2. The molecule has 0 saturated heterocycles. The second kappa shape index (κ2) is 12.7. The van der Waals surface area contributed by atoms with Crippen LogP contribution in [-0.4, -0.2) is 51.6 Å². The third kappa shape index (κ3) is 7.13. The maximum Gasteiger partial charge on any atom is 0.456 e. The maximum atomic E-state index is 16.1. The lowest BCUT2D eigenvalue weighted by Gasteiger charge is -2.42. The molecule has 0 spiro atoms. The van der Waals surface area contributed by atoms with Crippen LogP contribution in [0.3, 0.4) is 0 Å².